The molecule has 0 aromatic heterocycles. The third-order valence-electron chi connectivity index (χ3n) is 2.52. The highest BCUT2D eigenvalue weighted by molar-refractivity contribution is 5.97. The van der Waals surface area contributed by atoms with E-state index in [1.54, 1.807) is 6.92 Å². The molecule has 98 valence electrons. The molecule has 0 unspecified atom stereocenters. The van der Waals surface area contributed by atoms with Crippen LogP contribution in [0.3, 0.4) is 0 Å². The van der Waals surface area contributed by atoms with Crippen LogP contribution in [0.4, 0.5) is 8.78 Å². The topological polar surface area (TPSA) is 66.4 Å². The van der Waals surface area contributed by atoms with Crippen LogP contribution in [-0.2, 0) is 4.79 Å². The van der Waals surface area contributed by atoms with E-state index in [-0.39, 0.29) is 12.0 Å². The van der Waals surface area contributed by atoms with Crippen LogP contribution in [0.5, 0.6) is 0 Å². The van der Waals surface area contributed by atoms with E-state index < -0.39 is 35.1 Å². The number of benzene rings is 1. The largest absolute Gasteiger partial charge is 0.480 e. The Hall–Kier alpha value is -1.98. The van der Waals surface area contributed by atoms with Gasteiger partial charge in [-0.1, -0.05) is 13.0 Å². The second-order valence-electron chi connectivity index (χ2n) is 3.83. The van der Waals surface area contributed by atoms with Crippen LogP contribution >= 0.6 is 0 Å². The van der Waals surface area contributed by atoms with Gasteiger partial charge in [0.1, 0.15) is 23.2 Å². The minimum absolute atomic E-state index is 0.116. The molecular weight excluding hydrogens is 244 g/mol. The number of carboxylic acid groups (broad SMARTS) is 1. The molecule has 1 aromatic rings. The van der Waals surface area contributed by atoms with Gasteiger partial charge in [0.2, 0.25) is 0 Å². The molecule has 2 N–H and O–H groups in total. The molecule has 0 aliphatic heterocycles. The van der Waals surface area contributed by atoms with E-state index in [1.165, 1.54) is 13.0 Å². The summed E-state index contributed by atoms with van der Waals surface area (Å²) in [5.74, 6) is -4.31. The number of hydrogen-bond donors (Lipinski definition) is 2. The van der Waals surface area contributed by atoms with Crippen LogP contribution in [0, 0.1) is 18.6 Å². The summed E-state index contributed by atoms with van der Waals surface area (Å²) < 4.78 is 27.0. The van der Waals surface area contributed by atoms with Crippen molar-refractivity contribution in [3.63, 3.8) is 0 Å². The minimum atomic E-state index is -1.25. The Bertz CT molecular complexity index is 488. The molecule has 0 heterocycles. The molecule has 4 nitrogen and oxygen atoms in total. The van der Waals surface area contributed by atoms with Crippen LogP contribution in [0.2, 0.25) is 0 Å². The Morgan fingerprint density at radius 1 is 1.39 bits per heavy atom. The molecule has 1 aromatic carbocycles. The summed E-state index contributed by atoms with van der Waals surface area (Å²) in [7, 11) is 0. The predicted octanol–water partition coefficient (Wildman–Crippen LogP) is 1.87. The van der Waals surface area contributed by atoms with Gasteiger partial charge in [0.25, 0.3) is 5.91 Å². The first-order valence-corrected chi connectivity index (χ1v) is 5.36. The summed E-state index contributed by atoms with van der Waals surface area (Å²) in [4.78, 5) is 22.4. The number of amides is 1. The van der Waals surface area contributed by atoms with Gasteiger partial charge in [0.15, 0.2) is 0 Å². The van der Waals surface area contributed by atoms with Crippen LogP contribution in [0.25, 0.3) is 0 Å². The van der Waals surface area contributed by atoms with Crippen molar-refractivity contribution in [1.82, 2.24) is 5.32 Å². The highest BCUT2D eigenvalue weighted by Gasteiger charge is 2.24. The molecule has 1 rings (SSSR count). The van der Waals surface area contributed by atoms with Gasteiger partial charge in [0, 0.05) is 0 Å². The molecule has 0 saturated heterocycles. The molecule has 0 fully saturated rings. The van der Waals surface area contributed by atoms with Crippen molar-refractivity contribution in [2.75, 3.05) is 0 Å². The number of carboxylic acids is 1. The number of hydrogen-bond acceptors (Lipinski definition) is 2. The highest BCUT2D eigenvalue weighted by Crippen LogP contribution is 2.16. The number of carbonyl (C=O) groups is 2. The van der Waals surface area contributed by atoms with E-state index >= 15 is 0 Å². The summed E-state index contributed by atoms with van der Waals surface area (Å²) in [6, 6.07) is 1.00. The van der Waals surface area contributed by atoms with E-state index in [1.807, 2.05) is 0 Å². The van der Waals surface area contributed by atoms with Gasteiger partial charge in [-0.15, -0.1) is 0 Å². The number of nitrogens with one attached hydrogen (secondary N) is 1. The normalized spacial score (nSPS) is 12.0. The predicted molar refractivity (Wildman–Crippen MR) is 60.3 cm³/mol. The number of aryl methyl sites for hydroxylation is 1. The quantitative estimate of drug-likeness (QED) is 0.865. The first-order chi connectivity index (χ1) is 8.38. The van der Waals surface area contributed by atoms with Crippen LogP contribution < -0.4 is 5.32 Å². The van der Waals surface area contributed by atoms with Gasteiger partial charge in [-0.25, -0.2) is 13.6 Å². The average Bonchev–Trinajstić information content (AvgIpc) is 2.31. The van der Waals surface area contributed by atoms with Crippen LogP contribution in [0.15, 0.2) is 12.1 Å². The van der Waals surface area contributed by atoms with Gasteiger partial charge in [-0.05, 0) is 25.0 Å². The SMILES string of the molecule is CC[C@H](NC(=O)c1c(F)ccc(C)c1F)C(=O)O. The second kappa shape index (κ2) is 5.57. The minimum Gasteiger partial charge on any atom is -0.480 e. The van der Waals surface area contributed by atoms with Crippen LogP contribution in [0.1, 0.15) is 29.3 Å². The molecule has 1 atom stereocenters. The third-order valence-corrected chi connectivity index (χ3v) is 2.52. The zero-order valence-electron chi connectivity index (χ0n) is 9.96. The fraction of sp³-hybridized carbons (Fsp3) is 0.333. The van der Waals surface area contributed by atoms with Gasteiger partial charge < -0.3 is 10.4 Å². The van der Waals surface area contributed by atoms with Gasteiger partial charge in [-0.2, -0.15) is 0 Å². The smallest absolute Gasteiger partial charge is 0.326 e. The monoisotopic (exact) mass is 257 g/mol. The van der Waals surface area contributed by atoms with E-state index in [4.69, 9.17) is 5.11 Å². The zero-order valence-corrected chi connectivity index (χ0v) is 9.96. The maximum atomic E-state index is 13.6. The number of aliphatic carboxylic acids is 1. The van der Waals surface area contributed by atoms with Crippen molar-refractivity contribution in [3.8, 4) is 0 Å². The van der Waals surface area contributed by atoms with Gasteiger partial charge in [-0.3, -0.25) is 4.79 Å². The van der Waals surface area contributed by atoms with E-state index in [0.717, 1.165) is 6.07 Å². The van der Waals surface area contributed by atoms with Crippen molar-refractivity contribution in [2.45, 2.75) is 26.3 Å². The van der Waals surface area contributed by atoms with E-state index in [2.05, 4.69) is 5.32 Å². The fourth-order valence-electron chi connectivity index (χ4n) is 1.43. The average molecular weight is 257 g/mol. The summed E-state index contributed by atoms with van der Waals surface area (Å²) >= 11 is 0. The van der Waals surface area contributed by atoms with Crippen molar-refractivity contribution in [2.24, 2.45) is 0 Å². The molecule has 18 heavy (non-hydrogen) atoms. The lowest BCUT2D eigenvalue weighted by molar-refractivity contribution is -0.139. The van der Waals surface area contributed by atoms with Crippen molar-refractivity contribution < 1.29 is 23.5 Å². The van der Waals surface area contributed by atoms with Crippen molar-refractivity contribution in [1.29, 1.82) is 0 Å². The second-order valence-corrected chi connectivity index (χ2v) is 3.83. The molecular formula is C12H13F2NO3. The fourth-order valence-corrected chi connectivity index (χ4v) is 1.43. The van der Waals surface area contributed by atoms with Crippen LogP contribution in [-0.4, -0.2) is 23.0 Å². The maximum Gasteiger partial charge on any atom is 0.326 e. The van der Waals surface area contributed by atoms with E-state index in [0.29, 0.717) is 0 Å². The third kappa shape index (κ3) is 2.82. The summed E-state index contributed by atoms with van der Waals surface area (Å²) in [6.45, 7) is 2.93. The van der Waals surface area contributed by atoms with Crippen molar-refractivity contribution >= 4 is 11.9 Å². The Kier molecular flexibility index (Phi) is 4.36. The Labute approximate surface area is 103 Å². The first-order valence-electron chi connectivity index (χ1n) is 5.36. The number of carbonyl (C=O) groups excluding carboxylic acids is 1. The maximum absolute atomic E-state index is 13.6. The van der Waals surface area contributed by atoms with Gasteiger partial charge in [0.05, 0.1) is 0 Å². The molecule has 0 radical (unpaired) electrons. The Morgan fingerprint density at radius 3 is 2.50 bits per heavy atom. The lowest BCUT2D eigenvalue weighted by Crippen LogP contribution is -2.41. The molecule has 0 aliphatic carbocycles. The molecule has 6 heteroatoms. The summed E-state index contributed by atoms with van der Waals surface area (Å²) in [6.07, 6.45) is 0.121. The Balaban J connectivity index is 3.05. The summed E-state index contributed by atoms with van der Waals surface area (Å²) in [5.41, 5.74) is -0.639. The van der Waals surface area contributed by atoms with Crippen molar-refractivity contribution in [3.05, 3.63) is 34.9 Å². The zero-order chi connectivity index (χ0) is 13.9. The number of rotatable bonds is 4. The van der Waals surface area contributed by atoms with E-state index in [9.17, 15) is 18.4 Å². The lowest BCUT2D eigenvalue weighted by Gasteiger charge is -2.13. The lowest BCUT2D eigenvalue weighted by atomic mass is 10.1. The molecule has 0 spiro atoms. The standard InChI is InChI=1S/C12H13F2NO3/c1-3-8(12(17)18)15-11(16)9-7(13)5-4-6(2)10(9)14/h4-5,8H,3H2,1-2H3,(H,15,16)(H,17,18)/t8-/m0/s1. The summed E-state index contributed by atoms with van der Waals surface area (Å²) in [5, 5.41) is 10.8. The molecule has 0 bridgehead atoms. The first kappa shape index (κ1) is 14.1. The molecule has 1 amide bonds. The highest BCUT2D eigenvalue weighted by atomic mass is 19.1. The number of halogens is 2. The molecule has 0 aliphatic rings. The Morgan fingerprint density at radius 2 is 2.00 bits per heavy atom. The van der Waals surface area contributed by atoms with Gasteiger partial charge >= 0.3 is 5.97 Å². The molecule has 0 saturated carbocycles.